The van der Waals surface area contributed by atoms with Gasteiger partial charge in [0.1, 0.15) is 0 Å². The number of likely N-dealkylation sites (tertiary alicyclic amines) is 1. The minimum absolute atomic E-state index is 0.163. The molecule has 2 nitrogen and oxygen atoms in total. The van der Waals surface area contributed by atoms with E-state index in [1.54, 1.807) is 0 Å². The Labute approximate surface area is 111 Å². The topological polar surface area (TPSA) is 20.3 Å². The number of amides is 1. The highest BCUT2D eigenvalue weighted by Crippen LogP contribution is 2.24. The number of aryl methyl sites for hydroxylation is 1. The molecule has 0 bridgehead atoms. The highest BCUT2D eigenvalue weighted by Gasteiger charge is 2.26. The number of hydrogen-bond donors (Lipinski definition) is 0. The van der Waals surface area contributed by atoms with Gasteiger partial charge in [-0.1, -0.05) is 25.0 Å². The van der Waals surface area contributed by atoms with Gasteiger partial charge in [0, 0.05) is 17.6 Å². The normalized spacial score (nSPS) is 19.7. The van der Waals surface area contributed by atoms with Crippen LogP contribution in [0.1, 0.15) is 35.7 Å². The van der Waals surface area contributed by atoms with Crippen molar-refractivity contribution in [3.05, 3.63) is 33.8 Å². The van der Waals surface area contributed by atoms with Gasteiger partial charge in [0.05, 0.1) is 5.56 Å². The first kappa shape index (κ1) is 12.6. The van der Waals surface area contributed by atoms with E-state index in [0.717, 1.165) is 35.1 Å². The second-order valence-corrected chi connectivity index (χ2v) is 5.65. The number of nitrogens with zero attached hydrogens (tertiary/aromatic N) is 1. The summed E-state index contributed by atoms with van der Waals surface area (Å²) in [5, 5.41) is 0. The first-order valence-electron chi connectivity index (χ1n) is 6.17. The fourth-order valence-electron chi connectivity index (χ4n) is 2.32. The van der Waals surface area contributed by atoms with Gasteiger partial charge in [-0.05, 0) is 47.3 Å². The molecule has 1 saturated heterocycles. The molecule has 0 aromatic heterocycles. The molecule has 2 rings (SSSR count). The van der Waals surface area contributed by atoms with E-state index in [4.69, 9.17) is 0 Å². The van der Waals surface area contributed by atoms with Crippen molar-refractivity contribution >= 4 is 21.8 Å². The number of carbonyl (C=O) groups is 1. The summed E-state index contributed by atoms with van der Waals surface area (Å²) in [4.78, 5) is 14.4. The first-order chi connectivity index (χ1) is 8.11. The van der Waals surface area contributed by atoms with E-state index in [1.165, 1.54) is 6.42 Å². The molecule has 0 spiro atoms. The van der Waals surface area contributed by atoms with Crippen LogP contribution >= 0.6 is 15.9 Å². The Morgan fingerprint density at radius 3 is 2.94 bits per heavy atom. The summed E-state index contributed by atoms with van der Waals surface area (Å²) in [7, 11) is 0. The molecule has 1 aromatic carbocycles. The van der Waals surface area contributed by atoms with E-state index in [-0.39, 0.29) is 5.91 Å². The number of rotatable bonds is 2. The zero-order chi connectivity index (χ0) is 12.4. The highest BCUT2D eigenvalue weighted by atomic mass is 79.9. The SMILES string of the molecule is CCC1CCN(C(=O)c2cc(C)ccc2Br)C1. The molecule has 0 radical (unpaired) electrons. The van der Waals surface area contributed by atoms with E-state index in [2.05, 4.69) is 22.9 Å². The van der Waals surface area contributed by atoms with E-state index >= 15 is 0 Å². The lowest BCUT2D eigenvalue weighted by molar-refractivity contribution is 0.0786. The third kappa shape index (κ3) is 2.71. The minimum atomic E-state index is 0.163. The maximum atomic E-state index is 12.4. The van der Waals surface area contributed by atoms with Crippen LogP contribution in [0.3, 0.4) is 0 Å². The Bertz CT molecular complexity index is 430. The number of hydrogen-bond acceptors (Lipinski definition) is 1. The zero-order valence-corrected chi connectivity index (χ0v) is 12.0. The predicted molar refractivity (Wildman–Crippen MR) is 73.2 cm³/mol. The first-order valence-corrected chi connectivity index (χ1v) is 6.96. The number of carbonyl (C=O) groups excluding carboxylic acids is 1. The Morgan fingerprint density at radius 2 is 2.29 bits per heavy atom. The summed E-state index contributed by atoms with van der Waals surface area (Å²) < 4.78 is 0.896. The highest BCUT2D eigenvalue weighted by molar-refractivity contribution is 9.10. The van der Waals surface area contributed by atoms with Gasteiger partial charge in [-0.25, -0.2) is 0 Å². The van der Waals surface area contributed by atoms with Crippen molar-refractivity contribution in [1.29, 1.82) is 0 Å². The average Bonchev–Trinajstić information content (AvgIpc) is 2.80. The van der Waals surface area contributed by atoms with Crippen LogP contribution in [0.4, 0.5) is 0 Å². The van der Waals surface area contributed by atoms with Crippen molar-refractivity contribution in [2.75, 3.05) is 13.1 Å². The lowest BCUT2D eigenvalue weighted by atomic mass is 10.1. The summed E-state index contributed by atoms with van der Waals surface area (Å²) in [6.45, 7) is 6.02. The molecule has 92 valence electrons. The predicted octanol–water partition coefficient (Wildman–Crippen LogP) is 3.63. The molecule has 1 aliphatic heterocycles. The quantitative estimate of drug-likeness (QED) is 0.816. The molecule has 1 aliphatic rings. The van der Waals surface area contributed by atoms with Crippen LogP contribution < -0.4 is 0 Å². The van der Waals surface area contributed by atoms with Crippen LogP contribution in [0.25, 0.3) is 0 Å². The molecular weight excluding hydrogens is 278 g/mol. The van der Waals surface area contributed by atoms with Crippen molar-refractivity contribution in [1.82, 2.24) is 4.90 Å². The van der Waals surface area contributed by atoms with Gasteiger partial charge in [-0.2, -0.15) is 0 Å². The number of halogens is 1. The Kier molecular flexibility index (Phi) is 3.87. The summed E-state index contributed by atoms with van der Waals surface area (Å²) in [6.07, 6.45) is 2.31. The van der Waals surface area contributed by atoms with Gasteiger partial charge in [0.15, 0.2) is 0 Å². The molecule has 0 saturated carbocycles. The molecule has 1 fully saturated rings. The smallest absolute Gasteiger partial charge is 0.255 e. The van der Waals surface area contributed by atoms with Crippen LogP contribution in [0, 0.1) is 12.8 Å². The van der Waals surface area contributed by atoms with Crippen molar-refractivity contribution in [3.8, 4) is 0 Å². The molecule has 1 aromatic rings. The molecule has 1 amide bonds. The summed E-state index contributed by atoms with van der Waals surface area (Å²) >= 11 is 3.46. The van der Waals surface area contributed by atoms with Gasteiger partial charge in [-0.15, -0.1) is 0 Å². The second-order valence-electron chi connectivity index (χ2n) is 4.80. The Hall–Kier alpha value is -0.830. The van der Waals surface area contributed by atoms with Gasteiger partial charge in [-0.3, -0.25) is 4.79 Å². The molecule has 17 heavy (non-hydrogen) atoms. The monoisotopic (exact) mass is 295 g/mol. The second kappa shape index (κ2) is 5.21. The van der Waals surface area contributed by atoms with E-state index in [9.17, 15) is 4.79 Å². The standard InChI is InChI=1S/C14H18BrNO/c1-3-11-6-7-16(9-11)14(17)12-8-10(2)4-5-13(12)15/h4-5,8,11H,3,6-7,9H2,1-2H3. The molecule has 1 atom stereocenters. The third-order valence-electron chi connectivity index (χ3n) is 3.50. The fourth-order valence-corrected chi connectivity index (χ4v) is 2.74. The minimum Gasteiger partial charge on any atom is -0.338 e. The summed E-state index contributed by atoms with van der Waals surface area (Å²) in [5.41, 5.74) is 1.92. The van der Waals surface area contributed by atoms with Gasteiger partial charge in [0.2, 0.25) is 0 Å². The third-order valence-corrected chi connectivity index (χ3v) is 4.19. The molecular formula is C14H18BrNO. The molecule has 3 heteroatoms. The molecule has 1 heterocycles. The maximum Gasteiger partial charge on any atom is 0.255 e. The van der Waals surface area contributed by atoms with Crippen LogP contribution in [0.15, 0.2) is 22.7 Å². The van der Waals surface area contributed by atoms with Crippen molar-refractivity contribution in [2.45, 2.75) is 26.7 Å². The largest absolute Gasteiger partial charge is 0.338 e. The van der Waals surface area contributed by atoms with Crippen LogP contribution in [0.5, 0.6) is 0 Å². The molecule has 0 aliphatic carbocycles. The summed E-state index contributed by atoms with van der Waals surface area (Å²) in [6, 6.07) is 5.93. The lowest BCUT2D eigenvalue weighted by Gasteiger charge is -2.17. The van der Waals surface area contributed by atoms with Crippen molar-refractivity contribution < 1.29 is 4.79 Å². The van der Waals surface area contributed by atoms with Gasteiger partial charge < -0.3 is 4.90 Å². The zero-order valence-electron chi connectivity index (χ0n) is 10.4. The van der Waals surface area contributed by atoms with E-state index in [0.29, 0.717) is 5.92 Å². The lowest BCUT2D eigenvalue weighted by Crippen LogP contribution is -2.29. The van der Waals surface area contributed by atoms with Crippen LogP contribution in [0.2, 0.25) is 0 Å². The van der Waals surface area contributed by atoms with Crippen LogP contribution in [-0.4, -0.2) is 23.9 Å². The van der Waals surface area contributed by atoms with Gasteiger partial charge >= 0.3 is 0 Å². The van der Waals surface area contributed by atoms with Gasteiger partial charge in [0.25, 0.3) is 5.91 Å². The molecule has 1 unspecified atom stereocenters. The Balaban J connectivity index is 2.17. The molecule has 0 N–H and O–H groups in total. The Morgan fingerprint density at radius 1 is 1.53 bits per heavy atom. The van der Waals surface area contributed by atoms with Crippen LogP contribution in [-0.2, 0) is 0 Å². The summed E-state index contributed by atoms with van der Waals surface area (Å²) in [5.74, 6) is 0.846. The average molecular weight is 296 g/mol. The number of benzene rings is 1. The van der Waals surface area contributed by atoms with Crippen molar-refractivity contribution in [3.63, 3.8) is 0 Å². The van der Waals surface area contributed by atoms with E-state index < -0.39 is 0 Å². The van der Waals surface area contributed by atoms with Crippen molar-refractivity contribution in [2.24, 2.45) is 5.92 Å². The maximum absolute atomic E-state index is 12.4. The van der Waals surface area contributed by atoms with E-state index in [1.807, 2.05) is 30.0 Å². The fraction of sp³-hybridized carbons (Fsp3) is 0.500.